The van der Waals surface area contributed by atoms with E-state index in [9.17, 15) is 0 Å². The number of pyridine rings is 2. The summed E-state index contributed by atoms with van der Waals surface area (Å²) in [5, 5.41) is 0. The van der Waals surface area contributed by atoms with E-state index >= 15 is 0 Å². The van der Waals surface area contributed by atoms with Crippen molar-refractivity contribution in [1.82, 2.24) is 24.2 Å². The molecule has 2 saturated heterocycles. The van der Waals surface area contributed by atoms with Crippen molar-refractivity contribution in [2.45, 2.75) is 45.2 Å². The third-order valence-electron chi connectivity index (χ3n) is 7.22. The number of anilines is 1. The Bertz CT molecular complexity index is 1090. The van der Waals surface area contributed by atoms with Gasteiger partial charge in [-0.1, -0.05) is 19.1 Å². The minimum atomic E-state index is 0.287. The van der Waals surface area contributed by atoms with Crippen LogP contribution in [-0.2, 0) is 0 Å². The van der Waals surface area contributed by atoms with E-state index in [0.29, 0.717) is 6.04 Å². The van der Waals surface area contributed by atoms with Gasteiger partial charge in [0, 0.05) is 32.4 Å². The van der Waals surface area contributed by atoms with E-state index in [1.807, 2.05) is 12.3 Å². The molecule has 5 heterocycles. The first-order valence-corrected chi connectivity index (χ1v) is 12.7. The van der Waals surface area contributed by atoms with Crippen molar-refractivity contribution < 1.29 is 0 Å². The maximum atomic E-state index is 5.17. The maximum absolute atomic E-state index is 5.17. The molecule has 3 aromatic heterocycles. The van der Waals surface area contributed by atoms with Crippen LogP contribution in [-0.4, -0.2) is 63.9 Å². The van der Waals surface area contributed by atoms with Crippen LogP contribution >= 0.6 is 15.9 Å². The molecule has 6 nitrogen and oxygen atoms in total. The van der Waals surface area contributed by atoms with Crippen molar-refractivity contribution in [2.75, 3.05) is 44.7 Å². The van der Waals surface area contributed by atoms with Crippen LogP contribution in [0.25, 0.3) is 5.65 Å². The lowest BCUT2D eigenvalue weighted by Gasteiger charge is -2.41. The molecule has 0 bridgehead atoms. The van der Waals surface area contributed by atoms with Gasteiger partial charge in [0.25, 0.3) is 0 Å². The third kappa shape index (κ3) is 3.84. The second kappa shape index (κ2) is 9.12. The Hall–Kier alpha value is -1.96. The summed E-state index contributed by atoms with van der Waals surface area (Å²) >= 11 is 3.99. The van der Waals surface area contributed by atoms with E-state index in [4.69, 9.17) is 9.97 Å². The standard InChI is InChI=1S/C25H33BrN6/c1-4-31-19(23-18(2)8-7-13-27-23)9-5-10-20(31)24-25(26)32-21(28-24)11-6-12-22(32)30-16-14-29(3)15-17-30/h6-8,11-13,19-20H,4-5,9-10,14-17H2,1-3H3/t19-,20+/m0/s1. The molecular weight excluding hydrogens is 464 g/mol. The highest BCUT2D eigenvalue weighted by molar-refractivity contribution is 9.10. The van der Waals surface area contributed by atoms with Crippen molar-refractivity contribution in [1.29, 1.82) is 0 Å². The quantitative estimate of drug-likeness (QED) is 0.516. The Morgan fingerprint density at radius 2 is 1.75 bits per heavy atom. The predicted octanol–water partition coefficient (Wildman–Crippen LogP) is 4.84. The summed E-state index contributed by atoms with van der Waals surface area (Å²) in [4.78, 5) is 17.5. The van der Waals surface area contributed by atoms with Crippen LogP contribution < -0.4 is 4.90 Å². The average molecular weight is 497 g/mol. The summed E-state index contributed by atoms with van der Waals surface area (Å²) in [6, 6.07) is 11.4. The van der Waals surface area contributed by atoms with Gasteiger partial charge < -0.3 is 9.80 Å². The highest BCUT2D eigenvalue weighted by atomic mass is 79.9. The van der Waals surface area contributed by atoms with E-state index in [-0.39, 0.29) is 6.04 Å². The second-order valence-electron chi connectivity index (χ2n) is 9.15. The molecule has 0 aliphatic carbocycles. The molecule has 32 heavy (non-hydrogen) atoms. The molecule has 0 spiro atoms. The number of hydrogen-bond acceptors (Lipinski definition) is 5. The molecule has 2 fully saturated rings. The van der Waals surface area contributed by atoms with Crippen LogP contribution in [0.1, 0.15) is 55.2 Å². The molecule has 2 aliphatic heterocycles. The van der Waals surface area contributed by atoms with Gasteiger partial charge in [-0.2, -0.15) is 0 Å². The molecule has 3 aromatic rings. The average Bonchev–Trinajstić information content (AvgIpc) is 3.16. The van der Waals surface area contributed by atoms with Crippen LogP contribution in [0.3, 0.4) is 0 Å². The van der Waals surface area contributed by atoms with E-state index in [2.05, 4.69) is 80.2 Å². The normalized spacial score (nSPS) is 23.2. The fourth-order valence-electron chi connectivity index (χ4n) is 5.48. The Morgan fingerprint density at radius 1 is 1.00 bits per heavy atom. The zero-order valence-corrected chi connectivity index (χ0v) is 20.9. The maximum Gasteiger partial charge on any atom is 0.139 e. The van der Waals surface area contributed by atoms with Gasteiger partial charge in [-0.25, -0.2) is 4.98 Å². The lowest BCUT2D eigenvalue weighted by molar-refractivity contribution is 0.0830. The van der Waals surface area contributed by atoms with Crippen molar-refractivity contribution in [3.05, 3.63) is 58.1 Å². The van der Waals surface area contributed by atoms with Gasteiger partial charge in [0.2, 0.25) is 0 Å². The van der Waals surface area contributed by atoms with Crippen molar-refractivity contribution in [3.8, 4) is 0 Å². The van der Waals surface area contributed by atoms with E-state index in [0.717, 1.165) is 61.5 Å². The Balaban J connectivity index is 1.53. The van der Waals surface area contributed by atoms with Crippen molar-refractivity contribution in [3.63, 3.8) is 0 Å². The monoisotopic (exact) mass is 496 g/mol. The molecule has 0 unspecified atom stereocenters. The number of aryl methyl sites for hydroxylation is 1. The molecule has 2 atom stereocenters. The summed E-state index contributed by atoms with van der Waals surface area (Å²) in [6.07, 6.45) is 5.40. The van der Waals surface area contributed by atoms with Crippen LogP contribution in [0.4, 0.5) is 5.82 Å². The first-order valence-electron chi connectivity index (χ1n) is 11.9. The van der Waals surface area contributed by atoms with Gasteiger partial charge in [0.15, 0.2) is 0 Å². The van der Waals surface area contributed by atoms with Gasteiger partial charge in [-0.3, -0.25) is 14.3 Å². The van der Waals surface area contributed by atoms with Gasteiger partial charge in [0.1, 0.15) is 16.1 Å². The molecule has 2 aliphatic rings. The summed E-state index contributed by atoms with van der Waals surface area (Å²) in [7, 11) is 2.20. The number of likely N-dealkylation sites (tertiary alicyclic amines) is 1. The summed E-state index contributed by atoms with van der Waals surface area (Å²) in [6.45, 7) is 9.70. The minimum Gasteiger partial charge on any atom is -0.355 e. The summed E-state index contributed by atoms with van der Waals surface area (Å²) in [5.41, 5.74) is 4.68. The van der Waals surface area contributed by atoms with Crippen molar-refractivity contribution in [2.24, 2.45) is 0 Å². The highest BCUT2D eigenvalue weighted by Gasteiger charge is 2.36. The lowest BCUT2D eigenvalue weighted by Crippen LogP contribution is -2.45. The van der Waals surface area contributed by atoms with Crippen LogP contribution in [0, 0.1) is 6.92 Å². The number of piperazine rings is 1. The lowest BCUT2D eigenvalue weighted by atomic mass is 9.90. The molecule has 7 heteroatoms. The minimum absolute atomic E-state index is 0.287. The number of aromatic nitrogens is 3. The fraction of sp³-hybridized carbons (Fsp3) is 0.520. The van der Waals surface area contributed by atoms with Crippen molar-refractivity contribution >= 4 is 27.4 Å². The molecule has 0 aromatic carbocycles. The van der Waals surface area contributed by atoms with Gasteiger partial charge in [-0.15, -0.1) is 0 Å². The van der Waals surface area contributed by atoms with E-state index < -0.39 is 0 Å². The number of nitrogens with zero attached hydrogens (tertiary/aromatic N) is 6. The predicted molar refractivity (Wildman–Crippen MR) is 133 cm³/mol. The fourth-order valence-corrected chi connectivity index (χ4v) is 6.20. The van der Waals surface area contributed by atoms with Crippen LogP contribution in [0.5, 0.6) is 0 Å². The number of likely N-dealkylation sites (N-methyl/N-ethyl adjacent to an activating group) is 1. The number of hydrogen-bond donors (Lipinski definition) is 0. The molecule has 0 amide bonds. The molecule has 0 N–H and O–H groups in total. The third-order valence-corrected chi connectivity index (χ3v) is 7.98. The first-order chi connectivity index (χ1) is 15.6. The Labute approximate surface area is 199 Å². The highest BCUT2D eigenvalue weighted by Crippen LogP contribution is 2.43. The summed E-state index contributed by atoms with van der Waals surface area (Å²) < 4.78 is 3.41. The van der Waals surface area contributed by atoms with Crippen LogP contribution in [0.2, 0.25) is 0 Å². The molecule has 5 rings (SSSR count). The Morgan fingerprint density at radius 3 is 2.47 bits per heavy atom. The zero-order valence-electron chi connectivity index (χ0n) is 19.3. The number of piperidine rings is 1. The number of imidazole rings is 1. The molecule has 0 radical (unpaired) electrons. The number of rotatable bonds is 4. The molecule has 0 saturated carbocycles. The first kappa shape index (κ1) is 21.9. The number of halogens is 1. The zero-order chi connectivity index (χ0) is 22.2. The topological polar surface area (TPSA) is 39.9 Å². The van der Waals surface area contributed by atoms with E-state index in [1.165, 1.54) is 23.5 Å². The summed E-state index contributed by atoms with van der Waals surface area (Å²) in [5.74, 6) is 1.23. The SMILES string of the molecule is CCN1[C@@H](c2nc3cccc(N4CCN(C)CC4)n3c2Br)CCC[C@H]1c1ncccc1C. The Kier molecular flexibility index (Phi) is 6.23. The van der Waals surface area contributed by atoms with Gasteiger partial charge in [-0.05, 0) is 79.5 Å². The van der Waals surface area contributed by atoms with Gasteiger partial charge in [0.05, 0.1) is 23.5 Å². The molecule has 170 valence electrons. The largest absolute Gasteiger partial charge is 0.355 e. The number of fused-ring (bicyclic) bond motifs is 1. The molecular formula is C25H33BrN6. The smallest absolute Gasteiger partial charge is 0.139 e. The van der Waals surface area contributed by atoms with E-state index in [1.54, 1.807) is 0 Å². The van der Waals surface area contributed by atoms with Gasteiger partial charge >= 0.3 is 0 Å². The van der Waals surface area contributed by atoms with Crippen LogP contribution in [0.15, 0.2) is 41.1 Å². The second-order valence-corrected chi connectivity index (χ2v) is 9.91.